The van der Waals surface area contributed by atoms with Gasteiger partial charge in [-0.3, -0.25) is 0 Å². The highest BCUT2D eigenvalue weighted by molar-refractivity contribution is 7.89. The molecule has 6 nitrogen and oxygen atoms in total. The monoisotopic (exact) mass is 305 g/mol. The van der Waals surface area contributed by atoms with Crippen LogP contribution in [0.15, 0.2) is 52.1 Å². The Morgan fingerprint density at radius 3 is 2.86 bits per heavy atom. The fraction of sp³-hybridized carbons (Fsp3) is 0.143. The summed E-state index contributed by atoms with van der Waals surface area (Å²) in [5, 5.41) is 0.564. The minimum atomic E-state index is -3.68. The maximum atomic E-state index is 12.5. The van der Waals surface area contributed by atoms with Gasteiger partial charge >= 0.3 is 0 Å². The molecule has 7 heteroatoms. The Labute approximate surface area is 122 Å². The van der Waals surface area contributed by atoms with E-state index >= 15 is 0 Å². The van der Waals surface area contributed by atoms with Crippen LogP contribution in [0.3, 0.4) is 0 Å². The SMILES string of the molecule is CC(NS(=O)(=O)c1c[nH]c2ccc(N)cc12)c1ccco1. The third-order valence-corrected chi connectivity index (χ3v) is 4.84. The van der Waals surface area contributed by atoms with Gasteiger partial charge in [0, 0.05) is 22.8 Å². The Kier molecular flexibility index (Phi) is 3.23. The molecule has 21 heavy (non-hydrogen) atoms. The number of hydrogen-bond donors (Lipinski definition) is 3. The maximum Gasteiger partial charge on any atom is 0.243 e. The predicted molar refractivity (Wildman–Crippen MR) is 80.2 cm³/mol. The molecule has 0 amide bonds. The van der Waals surface area contributed by atoms with E-state index in [0.717, 1.165) is 5.52 Å². The van der Waals surface area contributed by atoms with Crippen LogP contribution in [0.4, 0.5) is 5.69 Å². The highest BCUT2D eigenvalue weighted by Gasteiger charge is 2.23. The number of aromatic nitrogens is 1. The van der Waals surface area contributed by atoms with Crippen molar-refractivity contribution in [3.05, 3.63) is 48.6 Å². The molecule has 1 atom stereocenters. The molecule has 2 aromatic heterocycles. The first-order valence-electron chi connectivity index (χ1n) is 6.40. The number of nitrogen functional groups attached to an aromatic ring is 1. The molecule has 0 saturated heterocycles. The van der Waals surface area contributed by atoms with Gasteiger partial charge < -0.3 is 15.1 Å². The summed E-state index contributed by atoms with van der Waals surface area (Å²) in [7, 11) is -3.68. The summed E-state index contributed by atoms with van der Waals surface area (Å²) in [6.45, 7) is 1.72. The van der Waals surface area contributed by atoms with Gasteiger partial charge in [0.2, 0.25) is 10.0 Å². The van der Waals surface area contributed by atoms with Gasteiger partial charge in [0.15, 0.2) is 0 Å². The second-order valence-corrected chi connectivity index (χ2v) is 6.50. The van der Waals surface area contributed by atoms with Gasteiger partial charge in [-0.05, 0) is 37.3 Å². The fourth-order valence-corrected chi connectivity index (χ4v) is 3.61. The minimum Gasteiger partial charge on any atom is -0.468 e. The van der Waals surface area contributed by atoms with E-state index in [1.807, 2.05) is 0 Å². The van der Waals surface area contributed by atoms with Gasteiger partial charge in [-0.25, -0.2) is 13.1 Å². The van der Waals surface area contributed by atoms with Crippen LogP contribution in [0.2, 0.25) is 0 Å². The third kappa shape index (κ3) is 2.53. The van der Waals surface area contributed by atoms with Crippen LogP contribution in [-0.4, -0.2) is 13.4 Å². The zero-order chi connectivity index (χ0) is 15.0. The molecular formula is C14H15N3O3S. The number of H-pyrrole nitrogens is 1. The van der Waals surface area contributed by atoms with Gasteiger partial charge in [0.25, 0.3) is 0 Å². The number of hydrogen-bond acceptors (Lipinski definition) is 4. The molecule has 0 aliphatic heterocycles. The van der Waals surface area contributed by atoms with Crippen molar-refractivity contribution in [2.75, 3.05) is 5.73 Å². The van der Waals surface area contributed by atoms with E-state index in [1.54, 1.807) is 37.3 Å². The summed E-state index contributed by atoms with van der Waals surface area (Å²) in [5.41, 5.74) is 6.96. The molecule has 2 heterocycles. The zero-order valence-electron chi connectivity index (χ0n) is 11.3. The van der Waals surface area contributed by atoms with Gasteiger partial charge in [0.1, 0.15) is 10.7 Å². The standard InChI is InChI=1S/C14H15N3O3S/c1-9(13-3-2-6-20-13)17-21(18,19)14-8-16-12-5-4-10(15)7-11(12)14/h2-9,16-17H,15H2,1H3. The van der Waals surface area contributed by atoms with E-state index in [0.29, 0.717) is 16.8 Å². The van der Waals surface area contributed by atoms with Crippen molar-refractivity contribution < 1.29 is 12.8 Å². The van der Waals surface area contributed by atoms with Crippen LogP contribution in [0.1, 0.15) is 18.7 Å². The fourth-order valence-electron chi connectivity index (χ4n) is 2.23. The number of nitrogens with two attached hydrogens (primary N) is 1. The molecule has 3 aromatic rings. The molecule has 4 N–H and O–H groups in total. The third-order valence-electron chi connectivity index (χ3n) is 3.26. The number of aromatic amines is 1. The molecule has 1 aromatic carbocycles. The highest BCUT2D eigenvalue weighted by Crippen LogP contribution is 2.26. The average Bonchev–Trinajstić information content (AvgIpc) is 3.07. The van der Waals surface area contributed by atoms with Crippen LogP contribution in [0, 0.1) is 0 Å². The zero-order valence-corrected chi connectivity index (χ0v) is 12.1. The Bertz CT molecular complexity index is 866. The van der Waals surface area contributed by atoms with Crippen molar-refractivity contribution in [3.63, 3.8) is 0 Å². The molecule has 0 bridgehead atoms. The topological polar surface area (TPSA) is 101 Å². The number of sulfonamides is 1. The number of furan rings is 1. The van der Waals surface area contributed by atoms with E-state index in [9.17, 15) is 8.42 Å². The van der Waals surface area contributed by atoms with Crippen molar-refractivity contribution in [1.29, 1.82) is 0 Å². The number of rotatable bonds is 4. The average molecular weight is 305 g/mol. The van der Waals surface area contributed by atoms with Crippen molar-refractivity contribution >= 4 is 26.6 Å². The lowest BCUT2D eigenvalue weighted by molar-refractivity contribution is 0.459. The Morgan fingerprint density at radius 2 is 2.14 bits per heavy atom. The Morgan fingerprint density at radius 1 is 1.33 bits per heavy atom. The molecule has 3 rings (SSSR count). The quantitative estimate of drug-likeness (QED) is 0.644. The van der Waals surface area contributed by atoms with E-state index < -0.39 is 16.1 Å². The summed E-state index contributed by atoms with van der Waals surface area (Å²) >= 11 is 0. The first-order chi connectivity index (χ1) is 9.97. The van der Waals surface area contributed by atoms with Gasteiger partial charge in [-0.15, -0.1) is 0 Å². The predicted octanol–water partition coefficient (Wildman–Crippen LogP) is 2.38. The molecule has 0 spiro atoms. The van der Waals surface area contributed by atoms with Crippen molar-refractivity contribution in [2.24, 2.45) is 0 Å². The van der Waals surface area contributed by atoms with E-state index in [2.05, 4.69) is 9.71 Å². The number of nitrogens with one attached hydrogen (secondary N) is 2. The molecule has 1 unspecified atom stereocenters. The second kappa shape index (κ2) is 4.94. The highest BCUT2D eigenvalue weighted by atomic mass is 32.2. The number of anilines is 1. The summed E-state index contributed by atoms with van der Waals surface area (Å²) in [5.74, 6) is 0.554. The first-order valence-corrected chi connectivity index (χ1v) is 7.88. The summed E-state index contributed by atoms with van der Waals surface area (Å²) in [6, 6.07) is 8.08. The molecule has 110 valence electrons. The smallest absolute Gasteiger partial charge is 0.243 e. The van der Waals surface area contributed by atoms with E-state index in [-0.39, 0.29) is 4.90 Å². The molecule has 0 fully saturated rings. The Hall–Kier alpha value is -2.25. The molecule has 0 radical (unpaired) electrons. The van der Waals surface area contributed by atoms with E-state index in [1.165, 1.54) is 12.5 Å². The lowest BCUT2D eigenvalue weighted by Crippen LogP contribution is -2.26. The molecule has 0 saturated carbocycles. The van der Waals surface area contributed by atoms with E-state index in [4.69, 9.17) is 10.2 Å². The van der Waals surface area contributed by atoms with Gasteiger partial charge in [0.05, 0.1) is 12.3 Å². The number of fused-ring (bicyclic) bond motifs is 1. The van der Waals surface area contributed by atoms with Crippen LogP contribution < -0.4 is 10.5 Å². The summed E-state index contributed by atoms with van der Waals surface area (Å²) < 4.78 is 32.8. The van der Waals surface area contributed by atoms with Crippen molar-refractivity contribution in [2.45, 2.75) is 17.9 Å². The molecular weight excluding hydrogens is 290 g/mol. The van der Waals surface area contributed by atoms with Crippen LogP contribution in [-0.2, 0) is 10.0 Å². The largest absolute Gasteiger partial charge is 0.468 e. The summed E-state index contributed by atoms with van der Waals surface area (Å²) in [6.07, 6.45) is 2.97. The summed E-state index contributed by atoms with van der Waals surface area (Å²) in [4.78, 5) is 3.10. The maximum absolute atomic E-state index is 12.5. The Balaban J connectivity index is 1.98. The van der Waals surface area contributed by atoms with Crippen LogP contribution in [0.5, 0.6) is 0 Å². The van der Waals surface area contributed by atoms with Crippen molar-refractivity contribution in [3.8, 4) is 0 Å². The minimum absolute atomic E-state index is 0.170. The first kappa shape index (κ1) is 13.7. The molecule has 0 aliphatic carbocycles. The van der Waals surface area contributed by atoms with Crippen molar-refractivity contribution in [1.82, 2.24) is 9.71 Å². The van der Waals surface area contributed by atoms with Gasteiger partial charge in [-0.2, -0.15) is 0 Å². The van der Waals surface area contributed by atoms with Crippen LogP contribution in [0.25, 0.3) is 10.9 Å². The number of benzene rings is 1. The normalized spacial score (nSPS) is 13.6. The van der Waals surface area contributed by atoms with Crippen LogP contribution >= 0.6 is 0 Å². The second-order valence-electron chi connectivity index (χ2n) is 4.82. The van der Waals surface area contributed by atoms with Gasteiger partial charge in [-0.1, -0.05) is 0 Å². The lowest BCUT2D eigenvalue weighted by atomic mass is 10.2. The lowest BCUT2D eigenvalue weighted by Gasteiger charge is -2.11. The molecule has 0 aliphatic rings.